The van der Waals surface area contributed by atoms with Gasteiger partial charge in [-0.15, -0.1) is 5.10 Å². The molecule has 1 unspecified atom stereocenters. The SMILES string of the molecule is CC(OCCCNC(=O)Cn1nnc2ccccc21)c1ccccc1. The first kappa shape index (κ1) is 17.1. The average molecular weight is 338 g/mol. The van der Waals surface area contributed by atoms with Gasteiger partial charge < -0.3 is 10.1 Å². The Kier molecular flexibility index (Phi) is 5.74. The third kappa shape index (κ3) is 4.64. The summed E-state index contributed by atoms with van der Waals surface area (Å²) in [5.41, 5.74) is 2.81. The van der Waals surface area contributed by atoms with Crippen LogP contribution in [0.1, 0.15) is 25.0 Å². The fraction of sp³-hybridized carbons (Fsp3) is 0.316. The predicted octanol–water partition coefficient (Wildman–Crippen LogP) is 2.72. The van der Waals surface area contributed by atoms with Gasteiger partial charge in [-0.3, -0.25) is 4.79 Å². The van der Waals surface area contributed by atoms with Crippen LogP contribution in [-0.2, 0) is 16.1 Å². The van der Waals surface area contributed by atoms with Crippen LogP contribution in [-0.4, -0.2) is 34.1 Å². The number of para-hydroxylation sites is 1. The standard InChI is InChI=1S/C19H22N4O2/c1-15(16-8-3-2-4-9-16)25-13-7-12-20-19(24)14-23-18-11-6-5-10-17(18)21-22-23/h2-6,8-11,15H,7,12-14H2,1H3,(H,20,24). The second-order valence-electron chi connectivity index (χ2n) is 5.86. The Bertz CT molecular complexity index is 816. The summed E-state index contributed by atoms with van der Waals surface area (Å²) in [6.07, 6.45) is 0.819. The van der Waals surface area contributed by atoms with E-state index in [9.17, 15) is 4.79 Å². The first-order chi connectivity index (χ1) is 12.2. The highest BCUT2D eigenvalue weighted by Gasteiger charge is 2.08. The molecule has 6 heteroatoms. The molecule has 0 fully saturated rings. The molecule has 1 N–H and O–H groups in total. The topological polar surface area (TPSA) is 69.0 Å². The van der Waals surface area contributed by atoms with Crippen molar-refractivity contribution in [1.29, 1.82) is 0 Å². The van der Waals surface area contributed by atoms with E-state index in [-0.39, 0.29) is 18.6 Å². The molecule has 1 amide bonds. The van der Waals surface area contributed by atoms with Crippen LogP contribution in [0.3, 0.4) is 0 Å². The third-order valence-corrected chi connectivity index (χ3v) is 3.99. The van der Waals surface area contributed by atoms with Gasteiger partial charge in [-0.05, 0) is 31.0 Å². The third-order valence-electron chi connectivity index (χ3n) is 3.99. The maximum Gasteiger partial charge on any atom is 0.241 e. The molecule has 0 bridgehead atoms. The minimum atomic E-state index is -0.0771. The number of nitrogens with one attached hydrogen (secondary N) is 1. The number of hydrogen-bond donors (Lipinski definition) is 1. The number of amides is 1. The van der Waals surface area contributed by atoms with Crippen LogP contribution < -0.4 is 5.32 Å². The molecule has 130 valence electrons. The molecule has 0 saturated carbocycles. The monoisotopic (exact) mass is 338 g/mol. The van der Waals surface area contributed by atoms with Gasteiger partial charge in [-0.25, -0.2) is 4.68 Å². The number of fused-ring (bicyclic) bond motifs is 1. The van der Waals surface area contributed by atoms with Crippen molar-refractivity contribution in [1.82, 2.24) is 20.3 Å². The van der Waals surface area contributed by atoms with Crippen LogP contribution in [0.5, 0.6) is 0 Å². The Balaban J connectivity index is 1.37. The zero-order valence-corrected chi connectivity index (χ0v) is 14.3. The molecule has 0 radical (unpaired) electrons. The lowest BCUT2D eigenvalue weighted by atomic mass is 10.1. The number of benzene rings is 2. The Labute approximate surface area is 146 Å². The summed E-state index contributed by atoms with van der Waals surface area (Å²) in [5.74, 6) is -0.0771. The van der Waals surface area contributed by atoms with Crippen LogP contribution in [0.2, 0.25) is 0 Å². The van der Waals surface area contributed by atoms with Gasteiger partial charge in [0.25, 0.3) is 0 Å². The van der Waals surface area contributed by atoms with Gasteiger partial charge in [0.1, 0.15) is 12.1 Å². The predicted molar refractivity (Wildman–Crippen MR) is 96.0 cm³/mol. The number of carbonyl (C=O) groups excluding carboxylic acids is 1. The van der Waals surface area contributed by atoms with Crippen molar-refractivity contribution in [2.45, 2.75) is 26.0 Å². The van der Waals surface area contributed by atoms with E-state index < -0.39 is 0 Å². The molecule has 6 nitrogen and oxygen atoms in total. The second kappa shape index (κ2) is 8.39. The number of nitrogens with zero attached hydrogens (tertiary/aromatic N) is 3. The summed E-state index contributed by atoms with van der Waals surface area (Å²) < 4.78 is 7.40. The van der Waals surface area contributed by atoms with Gasteiger partial charge >= 0.3 is 0 Å². The molecule has 0 saturated heterocycles. The molecule has 2 aromatic carbocycles. The van der Waals surface area contributed by atoms with Gasteiger partial charge in [0.2, 0.25) is 5.91 Å². The summed E-state index contributed by atoms with van der Waals surface area (Å²) in [5, 5.41) is 11.0. The lowest BCUT2D eigenvalue weighted by Crippen LogP contribution is -2.29. The molecule has 0 aliphatic rings. The van der Waals surface area contributed by atoms with Crippen LogP contribution in [0.25, 0.3) is 11.0 Å². The van der Waals surface area contributed by atoms with E-state index in [4.69, 9.17) is 4.74 Å². The zero-order chi connectivity index (χ0) is 17.5. The molecular weight excluding hydrogens is 316 g/mol. The maximum absolute atomic E-state index is 12.0. The zero-order valence-electron chi connectivity index (χ0n) is 14.3. The average Bonchev–Trinajstić information content (AvgIpc) is 3.05. The molecule has 1 heterocycles. The minimum absolute atomic E-state index is 0.0541. The van der Waals surface area contributed by atoms with Crippen molar-refractivity contribution in [3.05, 3.63) is 60.2 Å². The quantitative estimate of drug-likeness (QED) is 0.641. The smallest absolute Gasteiger partial charge is 0.241 e. The molecule has 3 rings (SSSR count). The molecular formula is C19H22N4O2. The Hall–Kier alpha value is -2.73. The second-order valence-corrected chi connectivity index (χ2v) is 5.86. The van der Waals surface area contributed by atoms with Crippen molar-refractivity contribution >= 4 is 16.9 Å². The maximum atomic E-state index is 12.0. The van der Waals surface area contributed by atoms with Crippen LogP contribution in [0.4, 0.5) is 0 Å². The highest BCUT2D eigenvalue weighted by atomic mass is 16.5. The fourth-order valence-electron chi connectivity index (χ4n) is 2.61. The summed E-state index contributed by atoms with van der Waals surface area (Å²) in [4.78, 5) is 12.0. The van der Waals surface area contributed by atoms with Gasteiger partial charge in [0, 0.05) is 13.2 Å². The van der Waals surface area contributed by atoms with E-state index in [1.54, 1.807) is 4.68 Å². The number of hydrogen-bond acceptors (Lipinski definition) is 4. The highest BCUT2D eigenvalue weighted by Crippen LogP contribution is 2.15. The molecule has 25 heavy (non-hydrogen) atoms. The van der Waals surface area contributed by atoms with E-state index in [2.05, 4.69) is 27.8 Å². The summed E-state index contributed by atoms with van der Waals surface area (Å²) in [7, 11) is 0. The number of aromatic nitrogens is 3. The first-order valence-corrected chi connectivity index (χ1v) is 8.45. The number of ether oxygens (including phenoxy) is 1. The largest absolute Gasteiger partial charge is 0.374 e. The first-order valence-electron chi connectivity index (χ1n) is 8.45. The lowest BCUT2D eigenvalue weighted by molar-refractivity contribution is -0.121. The van der Waals surface area contributed by atoms with Crippen molar-refractivity contribution in [2.24, 2.45) is 0 Å². The van der Waals surface area contributed by atoms with E-state index in [0.29, 0.717) is 13.2 Å². The van der Waals surface area contributed by atoms with Gasteiger partial charge in [0.05, 0.1) is 11.6 Å². The molecule has 0 spiro atoms. The molecule has 3 aromatic rings. The number of carbonyl (C=O) groups is 1. The number of rotatable bonds is 8. The van der Waals surface area contributed by atoms with Gasteiger partial charge in [0.15, 0.2) is 0 Å². The normalized spacial score (nSPS) is 12.2. The van der Waals surface area contributed by atoms with E-state index in [0.717, 1.165) is 23.0 Å². The van der Waals surface area contributed by atoms with Crippen LogP contribution in [0.15, 0.2) is 54.6 Å². The Morgan fingerprint density at radius 1 is 1.16 bits per heavy atom. The summed E-state index contributed by atoms with van der Waals surface area (Å²) in [6.45, 7) is 3.38. The van der Waals surface area contributed by atoms with E-state index in [1.165, 1.54) is 0 Å². The fourth-order valence-corrected chi connectivity index (χ4v) is 2.61. The highest BCUT2D eigenvalue weighted by molar-refractivity contribution is 5.79. The van der Waals surface area contributed by atoms with Crippen molar-refractivity contribution in [3.8, 4) is 0 Å². The molecule has 0 aliphatic heterocycles. The minimum Gasteiger partial charge on any atom is -0.374 e. The van der Waals surface area contributed by atoms with Gasteiger partial charge in [-0.1, -0.05) is 47.7 Å². The van der Waals surface area contributed by atoms with Crippen molar-refractivity contribution in [3.63, 3.8) is 0 Å². The summed E-state index contributed by atoms with van der Waals surface area (Å²) >= 11 is 0. The Morgan fingerprint density at radius 2 is 1.92 bits per heavy atom. The molecule has 1 atom stereocenters. The Morgan fingerprint density at radius 3 is 2.76 bits per heavy atom. The van der Waals surface area contributed by atoms with Crippen molar-refractivity contribution < 1.29 is 9.53 Å². The molecule has 0 aliphatic carbocycles. The van der Waals surface area contributed by atoms with Gasteiger partial charge in [-0.2, -0.15) is 0 Å². The lowest BCUT2D eigenvalue weighted by Gasteiger charge is -2.13. The van der Waals surface area contributed by atoms with Crippen LogP contribution in [0, 0.1) is 0 Å². The van der Waals surface area contributed by atoms with E-state index >= 15 is 0 Å². The van der Waals surface area contributed by atoms with Crippen molar-refractivity contribution in [2.75, 3.05) is 13.2 Å². The van der Waals surface area contributed by atoms with Crippen LogP contribution >= 0.6 is 0 Å². The molecule has 1 aromatic heterocycles. The van der Waals surface area contributed by atoms with E-state index in [1.807, 2.05) is 49.4 Å². The summed E-state index contributed by atoms with van der Waals surface area (Å²) in [6, 6.07) is 17.7.